The number of piperazine rings is 1. The summed E-state index contributed by atoms with van der Waals surface area (Å²) in [7, 11) is 0. The second-order valence-electron chi connectivity index (χ2n) is 7.73. The summed E-state index contributed by atoms with van der Waals surface area (Å²) in [5.41, 5.74) is 6.18. The smallest absolute Gasteiger partial charge is 0.254 e. The molecule has 0 atom stereocenters. The van der Waals surface area contributed by atoms with Gasteiger partial charge in [0.25, 0.3) is 5.91 Å². The molecule has 0 radical (unpaired) electrons. The minimum absolute atomic E-state index is 0.119. The van der Waals surface area contributed by atoms with Crippen LogP contribution >= 0.6 is 0 Å². The van der Waals surface area contributed by atoms with Crippen molar-refractivity contribution >= 4 is 11.7 Å². The molecule has 1 aliphatic rings. The third-order valence-corrected chi connectivity index (χ3v) is 5.48. The normalized spacial score (nSPS) is 14.2. The van der Waals surface area contributed by atoms with Gasteiger partial charge in [0.1, 0.15) is 12.1 Å². The Hall–Kier alpha value is -3.21. The zero-order valence-electron chi connectivity index (χ0n) is 17.2. The monoisotopic (exact) mass is 386 g/mol. The Morgan fingerprint density at radius 2 is 1.62 bits per heavy atom. The summed E-state index contributed by atoms with van der Waals surface area (Å²) < 4.78 is 0. The molecule has 0 bridgehead atoms. The van der Waals surface area contributed by atoms with Crippen molar-refractivity contribution in [1.82, 2.24) is 14.9 Å². The number of hydrogen-bond acceptors (Lipinski definition) is 4. The molecule has 1 aromatic heterocycles. The minimum Gasteiger partial charge on any atom is -0.353 e. The minimum atomic E-state index is 0.119. The van der Waals surface area contributed by atoms with Crippen molar-refractivity contribution < 1.29 is 4.79 Å². The number of hydrogen-bond donors (Lipinski definition) is 0. The Kier molecular flexibility index (Phi) is 5.30. The van der Waals surface area contributed by atoms with Gasteiger partial charge in [-0.2, -0.15) is 0 Å². The molecule has 0 spiro atoms. The number of benzene rings is 2. The fourth-order valence-electron chi connectivity index (χ4n) is 3.76. The molecular weight excluding hydrogens is 360 g/mol. The second-order valence-corrected chi connectivity index (χ2v) is 7.73. The number of anilines is 1. The largest absolute Gasteiger partial charge is 0.353 e. The summed E-state index contributed by atoms with van der Waals surface area (Å²) in [5.74, 6) is 1.03. The predicted molar refractivity (Wildman–Crippen MR) is 116 cm³/mol. The Morgan fingerprint density at radius 1 is 0.862 bits per heavy atom. The summed E-state index contributed by atoms with van der Waals surface area (Å²) in [6.07, 6.45) is 1.63. The molecule has 29 heavy (non-hydrogen) atoms. The molecule has 148 valence electrons. The standard InChI is InChI=1S/C24H26N4O/c1-17-5-4-6-20(13-17)22-15-23(26-16-25-22)27-9-11-28(12-10-27)24(29)21-14-18(2)7-8-19(21)3/h4-8,13-16H,9-12H2,1-3H3. The fourth-order valence-corrected chi connectivity index (χ4v) is 3.76. The zero-order valence-corrected chi connectivity index (χ0v) is 17.2. The third-order valence-electron chi connectivity index (χ3n) is 5.48. The Bertz CT molecular complexity index is 1040. The first-order chi connectivity index (χ1) is 14.0. The molecule has 2 aromatic carbocycles. The Morgan fingerprint density at radius 3 is 2.38 bits per heavy atom. The van der Waals surface area contributed by atoms with E-state index >= 15 is 0 Å². The number of rotatable bonds is 3. The third kappa shape index (κ3) is 4.14. The van der Waals surface area contributed by atoms with E-state index in [1.54, 1.807) is 6.33 Å². The first-order valence-corrected chi connectivity index (χ1v) is 10.0. The lowest BCUT2D eigenvalue weighted by atomic mass is 10.0. The summed E-state index contributed by atoms with van der Waals surface area (Å²) in [4.78, 5) is 26.1. The molecule has 5 heteroatoms. The number of carbonyl (C=O) groups is 1. The van der Waals surface area contributed by atoms with E-state index in [0.29, 0.717) is 13.1 Å². The van der Waals surface area contributed by atoms with Crippen LogP contribution in [0.1, 0.15) is 27.0 Å². The van der Waals surface area contributed by atoms with E-state index in [1.807, 2.05) is 49.1 Å². The van der Waals surface area contributed by atoms with E-state index in [1.165, 1.54) is 5.56 Å². The average molecular weight is 386 g/mol. The molecule has 5 nitrogen and oxygen atoms in total. The maximum Gasteiger partial charge on any atom is 0.254 e. The van der Waals surface area contributed by atoms with Gasteiger partial charge in [-0.25, -0.2) is 9.97 Å². The maximum atomic E-state index is 13.0. The van der Waals surface area contributed by atoms with Crippen molar-refractivity contribution in [1.29, 1.82) is 0 Å². The van der Waals surface area contributed by atoms with E-state index in [9.17, 15) is 4.79 Å². The summed E-state index contributed by atoms with van der Waals surface area (Å²) in [5, 5.41) is 0. The molecule has 1 amide bonds. The summed E-state index contributed by atoms with van der Waals surface area (Å²) in [6.45, 7) is 9.01. The van der Waals surface area contributed by atoms with Crippen LogP contribution in [0.5, 0.6) is 0 Å². The van der Waals surface area contributed by atoms with Crippen LogP contribution in [0.2, 0.25) is 0 Å². The second kappa shape index (κ2) is 8.03. The van der Waals surface area contributed by atoms with Crippen LogP contribution < -0.4 is 4.90 Å². The van der Waals surface area contributed by atoms with E-state index in [4.69, 9.17) is 0 Å². The first kappa shape index (κ1) is 19.1. The highest BCUT2D eigenvalue weighted by molar-refractivity contribution is 5.96. The SMILES string of the molecule is Cc1cccc(-c2cc(N3CCN(C(=O)c4cc(C)ccc4C)CC3)ncn2)c1. The van der Waals surface area contributed by atoms with Gasteiger partial charge in [-0.05, 0) is 38.5 Å². The maximum absolute atomic E-state index is 13.0. The molecule has 0 unspecified atom stereocenters. The number of carbonyl (C=O) groups excluding carboxylic acids is 1. The van der Waals surface area contributed by atoms with Gasteiger partial charge in [-0.15, -0.1) is 0 Å². The fraction of sp³-hybridized carbons (Fsp3) is 0.292. The van der Waals surface area contributed by atoms with Crippen LogP contribution in [-0.4, -0.2) is 47.0 Å². The van der Waals surface area contributed by atoms with E-state index in [2.05, 4.69) is 40.0 Å². The average Bonchev–Trinajstić information content (AvgIpc) is 2.75. The molecule has 0 N–H and O–H groups in total. The lowest BCUT2D eigenvalue weighted by Crippen LogP contribution is -2.49. The van der Waals surface area contributed by atoms with E-state index in [0.717, 1.165) is 46.9 Å². The molecule has 3 aromatic rings. The quantitative estimate of drug-likeness (QED) is 0.682. The summed E-state index contributed by atoms with van der Waals surface area (Å²) in [6, 6.07) is 16.4. The van der Waals surface area contributed by atoms with Crippen molar-refractivity contribution in [2.45, 2.75) is 20.8 Å². The molecule has 1 saturated heterocycles. The molecule has 1 aliphatic heterocycles. The van der Waals surface area contributed by atoms with Gasteiger partial charge in [0.2, 0.25) is 0 Å². The van der Waals surface area contributed by atoms with Gasteiger partial charge in [0.15, 0.2) is 0 Å². The van der Waals surface area contributed by atoms with Crippen molar-refractivity contribution in [2.24, 2.45) is 0 Å². The topological polar surface area (TPSA) is 49.3 Å². The lowest BCUT2D eigenvalue weighted by Gasteiger charge is -2.35. The van der Waals surface area contributed by atoms with Crippen LogP contribution in [0.3, 0.4) is 0 Å². The van der Waals surface area contributed by atoms with Crippen molar-refractivity contribution in [3.63, 3.8) is 0 Å². The number of amides is 1. The van der Waals surface area contributed by atoms with Crippen LogP contribution in [-0.2, 0) is 0 Å². The summed E-state index contributed by atoms with van der Waals surface area (Å²) >= 11 is 0. The highest BCUT2D eigenvalue weighted by atomic mass is 16.2. The molecular formula is C24H26N4O. The molecule has 4 rings (SSSR count). The van der Waals surface area contributed by atoms with Crippen molar-refractivity contribution in [2.75, 3.05) is 31.1 Å². The lowest BCUT2D eigenvalue weighted by molar-refractivity contribution is 0.0745. The number of aromatic nitrogens is 2. The van der Waals surface area contributed by atoms with Gasteiger partial charge in [-0.1, -0.05) is 41.5 Å². The van der Waals surface area contributed by atoms with Crippen LogP contribution in [0.4, 0.5) is 5.82 Å². The van der Waals surface area contributed by atoms with E-state index < -0.39 is 0 Å². The van der Waals surface area contributed by atoms with Crippen molar-refractivity contribution in [3.05, 3.63) is 77.1 Å². The molecule has 2 heterocycles. The van der Waals surface area contributed by atoms with Crippen molar-refractivity contribution in [3.8, 4) is 11.3 Å². The van der Waals surface area contributed by atoms with Gasteiger partial charge in [0.05, 0.1) is 5.69 Å². The zero-order chi connectivity index (χ0) is 20.4. The Labute approximate surface area is 172 Å². The number of aryl methyl sites for hydroxylation is 3. The van der Waals surface area contributed by atoms with Crippen LogP contribution in [0, 0.1) is 20.8 Å². The van der Waals surface area contributed by atoms with Crippen LogP contribution in [0.15, 0.2) is 54.9 Å². The molecule has 0 aliphatic carbocycles. The van der Waals surface area contributed by atoms with E-state index in [-0.39, 0.29) is 5.91 Å². The molecule has 1 fully saturated rings. The van der Waals surface area contributed by atoms with Crippen LogP contribution in [0.25, 0.3) is 11.3 Å². The first-order valence-electron chi connectivity index (χ1n) is 10.0. The van der Waals surface area contributed by atoms with Gasteiger partial charge >= 0.3 is 0 Å². The highest BCUT2D eigenvalue weighted by Gasteiger charge is 2.24. The number of nitrogens with zero attached hydrogens (tertiary/aromatic N) is 4. The predicted octanol–water partition coefficient (Wildman–Crippen LogP) is 4.03. The van der Waals surface area contributed by atoms with Gasteiger partial charge < -0.3 is 9.80 Å². The van der Waals surface area contributed by atoms with Gasteiger partial charge in [0, 0.05) is 43.4 Å². The Balaban J connectivity index is 1.47. The van der Waals surface area contributed by atoms with Gasteiger partial charge in [-0.3, -0.25) is 4.79 Å². The molecule has 0 saturated carbocycles. The highest BCUT2D eigenvalue weighted by Crippen LogP contribution is 2.23.